The Kier molecular flexibility index (Phi) is 55.5. The van der Waals surface area contributed by atoms with Crippen molar-refractivity contribution in [2.24, 2.45) is 0 Å². The molecule has 72 heavy (non-hydrogen) atoms. The number of allylic oxidation sites excluding steroid dienone is 22. The van der Waals surface area contributed by atoms with E-state index < -0.39 is 6.10 Å². The number of hydrogen-bond donors (Lipinski definition) is 0. The van der Waals surface area contributed by atoms with Gasteiger partial charge in [-0.3, -0.25) is 14.4 Å². The molecule has 1 unspecified atom stereocenters. The van der Waals surface area contributed by atoms with Gasteiger partial charge in [0.2, 0.25) is 0 Å². The minimum atomic E-state index is -0.825. The Balaban J connectivity index is 4.54. The molecular formula is C66H106O6. The standard InChI is InChI=1S/C66H106O6/c1-4-7-10-13-16-19-22-25-28-31-32-33-34-36-38-41-44-47-50-53-56-59-65(68)71-62-63(61-70-64(67)58-55-52-49-46-43-40-37-30-27-24-21-18-15-12-9-6-3)72-66(69)60-57-54-51-48-45-42-39-35-29-26-23-20-17-14-11-8-5-2/h7-8,10-11,16-17,19-20,25-26,28-30,32-33,36-39,42,48,51,63H,4-6,9,12-15,18,21-24,27,31,34-35,40-41,43-47,49-50,52-62H2,1-3H3/b10-7-,11-8-,19-16-,20-17-,28-25-,29-26-,33-32-,37-30-,38-36-,42-39-,51-48-. The zero-order chi connectivity index (χ0) is 52.2. The van der Waals surface area contributed by atoms with Crippen molar-refractivity contribution in [2.75, 3.05) is 13.2 Å². The molecule has 0 spiro atoms. The van der Waals surface area contributed by atoms with Crippen LogP contribution in [0, 0.1) is 0 Å². The summed E-state index contributed by atoms with van der Waals surface area (Å²) >= 11 is 0. The van der Waals surface area contributed by atoms with Crippen molar-refractivity contribution in [1.82, 2.24) is 0 Å². The smallest absolute Gasteiger partial charge is 0.306 e. The first-order chi connectivity index (χ1) is 35.5. The summed E-state index contributed by atoms with van der Waals surface area (Å²) in [7, 11) is 0. The Morgan fingerprint density at radius 2 is 0.556 bits per heavy atom. The zero-order valence-corrected chi connectivity index (χ0v) is 46.4. The summed E-state index contributed by atoms with van der Waals surface area (Å²) in [4.78, 5) is 38.2. The summed E-state index contributed by atoms with van der Waals surface area (Å²) in [6.07, 6.45) is 83.0. The summed E-state index contributed by atoms with van der Waals surface area (Å²) in [5.41, 5.74) is 0. The monoisotopic (exact) mass is 995 g/mol. The van der Waals surface area contributed by atoms with Gasteiger partial charge in [0.05, 0.1) is 0 Å². The van der Waals surface area contributed by atoms with Gasteiger partial charge in [0.25, 0.3) is 0 Å². The van der Waals surface area contributed by atoms with E-state index in [0.29, 0.717) is 19.3 Å². The molecule has 0 saturated heterocycles. The fourth-order valence-electron chi connectivity index (χ4n) is 7.56. The predicted octanol–water partition coefficient (Wildman–Crippen LogP) is 19.8. The second-order valence-electron chi connectivity index (χ2n) is 18.8. The van der Waals surface area contributed by atoms with E-state index in [1.165, 1.54) is 57.8 Å². The van der Waals surface area contributed by atoms with Crippen LogP contribution in [0.4, 0.5) is 0 Å². The minimum absolute atomic E-state index is 0.115. The normalized spacial score (nSPS) is 13.1. The van der Waals surface area contributed by atoms with Crippen molar-refractivity contribution in [3.8, 4) is 0 Å². The lowest BCUT2D eigenvalue weighted by Crippen LogP contribution is -2.30. The average Bonchev–Trinajstić information content (AvgIpc) is 3.38. The third-order valence-corrected chi connectivity index (χ3v) is 11.9. The highest BCUT2D eigenvalue weighted by atomic mass is 16.6. The SMILES string of the molecule is CC/C=C\C/C=C\C/C=C\C/C=C\C/C=C\CCCCCCCC(=O)OCC(COC(=O)CCCCCCC/C=C\CCCCCCCCC)OC(=O)CCC/C=C\C/C=C\C/C=C\C/C=C\C/C=C\CC. The first-order valence-electron chi connectivity index (χ1n) is 29.2. The highest BCUT2D eigenvalue weighted by Gasteiger charge is 2.19. The van der Waals surface area contributed by atoms with E-state index in [1.807, 2.05) is 0 Å². The van der Waals surface area contributed by atoms with Gasteiger partial charge in [-0.15, -0.1) is 0 Å². The predicted molar refractivity (Wildman–Crippen MR) is 311 cm³/mol. The van der Waals surface area contributed by atoms with Gasteiger partial charge in [-0.05, 0) is 128 Å². The number of unbranched alkanes of at least 4 members (excludes halogenated alkanes) is 18. The molecule has 0 aliphatic heterocycles. The molecule has 0 aromatic carbocycles. The highest BCUT2D eigenvalue weighted by Crippen LogP contribution is 2.13. The molecule has 0 rings (SSSR count). The van der Waals surface area contributed by atoms with Crippen molar-refractivity contribution >= 4 is 17.9 Å². The van der Waals surface area contributed by atoms with Crippen LogP contribution >= 0.6 is 0 Å². The largest absolute Gasteiger partial charge is 0.462 e. The van der Waals surface area contributed by atoms with E-state index in [4.69, 9.17) is 14.2 Å². The van der Waals surface area contributed by atoms with Crippen LogP contribution in [-0.4, -0.2) is 37.2 Å². The van der Waals surface area contributed by atoms with Crippen LogP contribution in [0.15, 0.2) is 134 Å². The van der Waals surface area contributed by atoms with Crippen LogP contribution in [0.5, 0.6) is 0 Å². The lowest BCUT2D eigenvalue weighted by atomic mass is 10.1. The van der Waals surface area contributed by atoms with Gasteiger partial charge in [0.15, 0.2) is 6.10 Å². The summed E-state index contributed by atoms with van der Waals surface area (Å²) in [6.45, 7) is 6.33. The second-order valence-corrected chi connectivity index (χ2v) is 18.8. The van der Waals surface area contributed by atoms with Gasteiger partial charge in [-0.25, -0.2) is 0 Å². The Morgan fingerprint density at radius 1 is 0.292 bits per heavy atom. The zero-order valence-electron chi connectivity index (χ0n) is 46.4. The van der Waals surface area contributed by atoms with E-state index in [0.717, 1.165) is 141 Å². The number of esters is 3. The van der Waals surface area contributed by atoms with Gasteiger partial charge in [0, 0.05) is 19.3 Å². The first kappa shape index (κ1) is 67.5. The lowest BCUT2D eigenvalue weighted by Gasteiger charge is -2.18. The maximum Gasteiger partial charge on any atom is 0.306 e. The molecule has 0 N–H and O–H groups in total. The molecule has 0 saturated carbocycles. The van der Waals surface area contributed by atoms with Gasteiger partial charge in [-0.2, -0.15) is 0 Å². The van der Waals surface area contributed by atoms with Crippen LogP contribution in [0.1, 0.15) is 245 Å². The quantitative estimate of drug-likeness (QED) is 0.0261. The maximum absolute atomic E-state index is 12.8. The summed E-state index contributed by atoms with van der Waals surface area (Å²) < 4.78 is 16.8. The van der Waals surface area contributed by atoms with Gasteiger partial charge < -0.3 is 14.2 Å². The molecule has 0 aromatic rings. The van der Waals surface area contributed by atoms with Crippen molar-refractivity contribution in [3.05, 3.63) is 134 Å². The molecule has 0 aliphatic rings. The van der Waals surface area contributed by atoms with Crippen LogP contribution in [-0.2, 0) is 28.6 Å². The number of rotatable bonds is 51. The number of ether oxygens (including phenoxy) is 3. The number of hydrogen-bond acceptors (Lipinski definition) is 6. The van der Waals surface area contributed by atoms with Crippen molar-refractivity contribution in [2.45, 2.75) is 252 Å². The molecule has 0 aromatic heterocycles. The molecule has 0 heterocycles. The van der Waals surface area contributed by atoms with Gasteiger partial charge in [0.1, 0.15) is 13.2 Å². The molecule has 0 bridgehead atoms. The molecule has 0 radical (unpaired) electrons. The van der Waals surface area contributed by atoms with Crippen molar-refractivity contribution in [3.63, 3.8) is 0 Å². The molecule has 0 fully saturated rings. The topological polar surface area (TPSA) is 78.9 Å². The van der Waals surface area contributed by atoms with E-state index >= 15 is 0 Å². The molecule has 1 atom stereocenters. The van der Waals surface area contributed by atoms with Crippen LogP contribution in [0.3, 0.4) is 0 Å². The average molecular weight is 996 g/mol. The Hall–Kier alpha value is -4.45. The van der Waals surface area contributed by atoms with E-state index in [-0.39, 0.29) is 37.5 Å². The molecule has 6 nitrogen and oxygen atoms in total. The Bertz CT molecular complexity index is 1560. The summed E-state index contributed by atoms with van der Waals surface area (Å²) in [6, 6.07) is 0. The third kappa shape index (κ3) is 56.5. The van der Waals surface area contributed by atoms with E-state index in [9.17, 15) is 14.4 Å². The molecular weight excluding hydrogens is 889 g/mol. The Morgan fingerprint density at radius 3 is 0.903 bits per heavy atom. The first-order valence-corrected chi connectivity index (χ1v) is 29.2. The second kappa shape index (κ2) is 59.1. The minimum Gasteiger partial charge on any atom is -0.462 e. The van der Waals surface area contributed by atoms with Crippen molar-refractivity contribution < 1.29 is 28.6 Å². The molecule has 0 aliphatic carbocycles. The van der Waals surface area contributed by atoms with Gasteiger partial charge in [-0.1, -0.05) is 231 Å². The highest BCUT2D eigenvalue weighted by molar-refractivity contribution is 5.71. The van der Waals surface area contributed by atoms with Crippen LogP contribution < -0.4 is 0 Å². The van der Waals surface area contributed by atoms with E-state index in [1.54, 1.807) is 0 Å². The Labute approximate surface area is 443 Å². The summed E-state index contributed by atoms with van der Waals surface area (Å²) in [5.74, 6) is -1.00. The van der Waals surface area contributed by atoms with Crippen molar-refractivity contribution in [1.29, 1.82) is 0 Å². The van der Waals surface area contributed by atoms with Crippen LogP contribution in [0.25, 0.3) is 0 Å². The fraction of sp³-hybridized carbons (Fsp3) is 0.621. The summed E-state index contributed by atoms with van der Waals surface area (Å²) in [5, 5.41) is 0. The van der Waals surface area contributed by atoms with Gasteiger partial charge >= 0.3 is 17.9 Å². The van der Waals surface area contributed by atoms with E-state index in [2.05, 4.69) is 154 Å². The molecule has 6 heteroatoms. The number of carbonyl (C=O) groups is 3. The molecule has 406 valence electrons. The molecule has 0 amide bonds. The maximum atomic E-state index is 12.8. The third-order valence-electron chi connectivity index (χ3n) is 11.9. The lowest BCUT2D eigenvalue weighted by molar-refractivity contribution is -0.167. The van der Waals surface area contributed by atoms with Crippen LogP contribution in [0.2, 0.25) is 0 Å². The number of carbonyl (C=O) groups excluding carboxylic acids is 3. The fourth-order valence-corrected chi connectivity index (χ4v) is 7.56.